The molecule has 2 fully saturated rings. The van der Waals surface area contributed by atoms with E-state index in [0.29, 0.717) is 88.2 Å². The Morgan fingerprint density at radius 1 is 0.828 bits per heavy atom. The summed E-state index contributed by atoms with van der Waals surface area (Å²) in [6.07, 6.45) is 5.31. The van der Waals surface area contributed by atoms with Crippen LogP contribution in [0.3, 0.4) is 0 Å². The summed E-state index contributed by atoms with van der Waals surface area (Å²) < 4.78 is 38.7. The number of aromatic hydroxyl groups is 1. The number of hydrogen-bond donors (Lipinski definition) is 2. The Labute approximate surface area is 371 Å². The molecule has 8 rings (SSSR count). The molecule has 0 saturated carbocycles. The molecule has 1 atom stereocenters. The molecule has 1 aromatic heterocycles. The Bertz CT molecular complexity index is 2660. The number of carbonyl (C=O) groups is 5. The molecule has 0 spiro atoms. The third-order valence-corrected chi connectivity index (χ3v) is 11.4. The van der Waals surface area contributed by atoms with Gasteiger partial charge in [0.05, 0.1) is 55.8 Å². The number of imide groups is 2. The molecule has 64 heavy (non-hydrogen) atoms. The number of phenolic OH excluding ortho intramolecular Hbond substituents is 1. The van der Waals surface area contributed by atoms with E-state index in [1.807, 2.05) is 29.2 Å². The van der Waals surface area contributed by atoms with Crippen molar-refractivity contribution in [2.75, 3.05) is 77.3 Å². The topological polar surface area (TPSA) is 190 Å². The molecule has 2 N–H and O–H groups in total. The van der Waals surface area contributed by atoms with Crippen LogP contribution in [0.5, 0.6) is 11.5 Å². The zero-order valence-electron chi connectivity index (χ0n) is 34.6. The summed E-state index contributed by atoms with van der Waals surface area (Å²) in [5, 5.41) is 14.7. The third-order valence-electron chi connectivity index (χ3n) is 11.1. The van der Waals surface area contributed by atoms with Crippen molar-refractivity contribution in [1.29, 1.82) is 0 Å². The van der Waals surface area contributed by atoms with Gasteiger partial charge in [0.25, 0.3) is 11.8 Å². The van der Waals surface area contributed by atoms with Crippen molar-refractivity contribution in [3.63, 3.8) is 0 Å². The number of fused-ring (bicyclic) bond motifs is 3. The van der Waals surface area contributed by atoms with Gasteiger partial charge in [0.1, 0.15) is 41.8 Å². The van der Waals surface area contributed by atoms with Crippen molar-refractivity contribution in [2.24, 2.45) is 0 Å². The lowest BCUT2D eigenvalue weighted by Gasteiger charge is -2.35. The van der Waals surface area contributed by atoms with E-state index in [2.05, 4.69) is 15.3 Å². The van der Waals surface area contributed by atoms with Gasteiger partial charge in [0, 0.05) is 43.5 Å². The Morgan fingerprint density at radius 2 is 1.55 bits per heavy atom. The molecule has 0 radical (unpaired) electrons. The Kier molecular flexibility index (Phi) is 13.7. The average Bonchev–Trinajstić information content (AvgIpc) is 3.53. The van der Waals surface area contributed by atoms with Gasteiger partial charge in [-0.15, -0.1) is 0 Å². The lowest BCUT2D eigenvalue weighted by Crippen LogP contribution is -2.54. The zero-order valence-corrected chi connectivity index (χ0v) is 35.4. The Hall–Kier alpha value is -6.53. The predicted octanol–water partition coefficient (Wildman–Crippen LogP) is 5.07. The maximum absolute atomic E-state index is 16.3. The van der Waals surface area contributed by atoms with E-state index in [-0.39, 0.29) is 64.9 Å². The van der Waals surface area contributed by atoms with E-state index in [1.165, 1.54) is 24.5 Å². The lowest BCUT2D eigenvalue weighted by atomic mass is 9.96. The minimum Gasteiger partial charge on any atom is -0.508 e. The number of carbonyl (C=O) groups excluding carboxylic acids is 5. The monoisotopic (exact) mass is 894 g/mol. The summed E-state index contributed by atoms with van der Waals surface area (Å²) in [7, 11) is 0. The number of rotatable bonds is 17. The van der Waals surface area contributed by atoms with Crippen molar-refractivity contribution >= 4 is 68.6 Å². The van der Waals surface area contributed by atoms with Gasteiger partial charge in [0.15, 0.2) is 5.82 Å². The lowest BCUT2D eigenvalue weighted by molar-refractivity contribution is -0.136. The molecular weight excluding hydrogens is 851 g/mol. The van der Waals surface area contributed by atoms with Crippen LogP contribution in [-0.4, -0.2) is 133 Å². The number of hydrogen-bond acceptors (Lipinski definition) is 13. The molecule has 18 heteroatoms. The number of aromatic nitrogens is 2. The van der Waals surface area contributed by atoms with Crippen LogP contribution in [0.4, 0.5) is 10.2 Å². The summed E-state index contributed by atoms with van der Waals surface area (Å²) >= 11 is 6.75. The van der Waals surface area contributed by atoms with Crippen molar-refractivity contribution in [3.8, 4) is 22.6 Å². The molecule has 0 bridgehead atoms. The number of nitrogens with one attached hydrogen (secondary N) is 1. The van der Waals surface area contributed by atoms with E-state index in [1.54, 1.807) is 35.3 Å². The fourth-order valence-electron chi connectivity index (χ4n) is 8.00. The van der Waals surface area contributed by atoms with Crippen LogP contribution >= 0.6 is 11.6 Å². The van der Waals surface area contributed by atoms with Crippen molar-refractivity contribution in [3.05, 3.63) is 101 Å². The number of anilines is 1. The fraction of sp³-hybridized carbons (Fsp3) is 0.326. The molecule has 2 saturated heterocycles. The quantitative estimate of drug-likeness (QED) is 0.0716. The largest absolute Gasteiger partial charge is 0.508 e. The van der Waals surface area contributed by atoms with E-state index in [4.69, 9.17) is 30.5 Å². The van der Waals surface area contributed by atoms with Crippen molar-refractivity contribution in [2.45, 2.75) is 25.3 Å². The van der Waals surface area contributed by atoms with Crippen LogP contribution in [0.2, 0.25) is 5.02 Å². The van der Waals surface area contributed by atoms with Crippen LogP contribution in [0.25, 0.3) is 32.8 Å². The second-order valence-corrected chi connectivity index (χ2v) is 15.6. The molecular formula is C46H44ClFN6O10. The first kappa shape index (κ1) is 44.1. The van der Waals surface area contributed by atoms with Gasteiger partial charge in [-0.05, 0) is 71.7 Å². The van der Waals surface area contributed by atoms with Gasteiger partial charge in [-0.3, -0.25) is 34.2 Å². The molecule has 4 heterocycles. The number of piperidine rings is 1. The zero-order chi connectivity index (χ0) is 44.7. The van der Waals surface area contributed by atoms with E-state index in [0.717, 1.165) is 15.7 Å². The molecule has 4 aromatic carbocycles. The van der Waals surface area contributed by atoms with Gasteiger partial charge in [0.2, 0.25) is 17.7 Å². The summed E-state index contributed by atoms with van der Waals surface area (Å²) in [6.45, 7) is 4.09. The minimum absolute atomic E-state index is 0.00497. The maximum atomic E-state index is 16.3. The summed E-state index contributed by atoms with van der Waals surface area (Å²) in [5.74, 6) is -2.12. The van der Waals surface area contributed by atoms with Crippen LogP contribution in [-0.2, 0) is 28.6 Å². The number of piperazine rings is 1. The van der Waals surface area contributed by atoms with Crippen LogP contribution in [0, 0.1) is 5.82 Å². The third kappa shape index (κ3) is 9.52. The first-order chi connectivity index (χ1) is 31.1. The van der Waals surface area contributed by atoms with Crippen LogP contribution < -0.4 is 15.0 Å². The number of benzene rings is 4. The number of halogens is 2. The number of ether oxygens (including phenoxy) is 4. The number of amides is 5. The molecule has 5 aromatic rings. The molecule has 1 unspecified atom stereocenters. The standard InChI is InChI=1S/C46H44ClFN6O10/c47-36-26-35-42(41(48)40(36)33-24-29(55)23-28-5-1-2-6-31(28)33)49-27-50-43(35)53-14-12-52(13-15-53)39(57)7-3-4-16-61-17-18-62-19-20-63-21-22-64-30-8-9-32-34(25-30)46(60)54(45(32)59)37-10-11-38(56)51-44(37)58/h1-3,5-9,23-27,37,55H,4,10-22H2,(H,51,56,58)/b7-3+. The molecule has 3 aliphatic rings. The fourth-order valence-corrected chi connectivity index (χ4v) is 8.29. The highest BCUT2D eigenvalue weighted by atomic mass is 35.5. The van der Waals surface area contributed by atoms with E-state index < -0.39 is 35.5 Å². The summed E-state index contributed by atoms with van der Waals surface area (Å²) in [6, 6.07) is 15.6. The van der Waals surface area contributed by atoms with E-state index in [9.17, 15) is 29.1 Å². The predicted molar refractivity (Wildman–Crippen MR) is 233 cm³/mol. The SMILES string of the molecule is O=C1CCC(N2C(=O)c3ccc(OCCOCCOCCOCC/C=C/C(=O)N4CCN(c5ncnc6c(F)c(-c7cc(O)cc8ccccc78)c(Cl)cc56)CC4)cc3C2=O)C(=O)N1. The van der Waals surface area contributed by atoms with Gasteiger partial charge < -0.3 is 33.9 Å². The second-order valence-electron chi connectivity index (χ2n) is 15.2. The van der Waals surface area contributed by atoms with Crippen LogP contribution in [0.15, 0.2) is 79.1 Å². The van der Waals surface area contributed by atoms with Crippen LogP contribution in [0.1, 0.15) is 40.0 Å². The summed E-state index contributed by atoms with van der Waals surface area (Å²) in [5.41, 5.74) is 1.03. The number of phenols is 1. The first-order valence-corrected chi connectivity index (χ1v) is 21.2. The first-order valence-electron chi connectivity index (χ1n) is 20.9. The molecule has 0 aliphatic carbocycles. The highest BCUT2D eigenvalue weighted by Gasteiger charge is 2.44. The molecule has 332 valence electrons. The normalized spacial score (nSPS) is 16.7. The minimum atomic E-state index is -1.03. The van der Waals surface area contributed by atoms with Gasteiger partial charge in [-0.2, -0.15) is 0 Å². The molecule has 16 nitrogen and oxygen atoms in total. The highest BCUT2D eigenvalue weighted by Crippen LogP contribution is 2.42. The molecule has 5 amide bonds. The van der Waals surface area contributed by atoms with Crippen molar-refractivity contribution < 1.29 is 52.4 Å². The second kappa shape index (κ2) is 19.9. The Morgan fingerprint density at radius 3 is 2.31 bits per heavy atom. The average molecular weight is 895 g/mol. The van der Waals surface area contributed by atoms with Gasteiger partial charge in [-0.1, -0.05) is 41.9 Å². The van der Waals surface area contributed by atoms with Crippen molar-refractivity contribution in [1.82, 2.24) is 25.1 Å². The van der Waals surface area contributed by atoms with Gasteiger partial charge >= 0.3 is 0 Å². The maximum Gasteiger partial charge on any atom is 0.262 e. The summed E-state index contributed by atoms with van der Waals surface area (Å²) in [4.78, 5) is 75.9. The van der Waals surface area contributed by atoms with Gasteiger partial charge in [-0.25, -0.2) is 14.4 Å². The highest BCUT2D eigenvalue weighted by molar-refractivity contribution is 6.35. The van der Waals surface area contributed by atoms with E-state index >= 15 is 4.39 Å². The number of nitrogens with zero attached hydrogens (tertiary/aromatic N) is 5. The molecule has 3 aliphatic heterocycles. The smallest absolute Gasteiger partial charge is 0.262 e. The Balaban J connectivity index is 0.695.